The Morgan fingerprint density at radius 3 is 2.22 bits per heavy atom. The van der Waals surface area contributed by atoms with Crippen LogP contribution in [0.25, 0.3) is 0 Å². The van der Waals surface area contributed by atoms with Gasteiger partial charge in [0.2, 0.25) is 11.6 Å². The van der Waals surface area contributed by atoms with Gasteiger partial charge >= 0.3 is 6.11 Å². The predicted molar refractivity (Wildman–Crippen MR) is 118 cm³/mol. The Morgan fingerprint density at radius 1 is 0.938 bits per heavy atom. The lowest BCUT2D eigenvalue weighted by atomic mass is 9.79. The molecule has 6 heteroatoms. The maximum absolute atomic E-state index is 14.7. The van der Waals surface area contributed by atoms with E-state index in [4.69, 9.17) is 4.74 Å². The van der Waals surface area contributed by atoms with Gasteiger partial charge in [0.1, 0.15) is 0 Å². The second kappa shape index (κ2) is 11.4. The molecule has 180 valence electrons. The fourth-order valence-electron chi connectivity index (χ4n) is 4.98. The minimum Gasteiger partial charge on any atom is -0.491 e. The van der Waals surface area contributed by atoms with Crippen molar-refractivity contribution < 1.29 is 27.0 Å². The molecule has 0 unspecified atom stereocenters. The molecule has 0 bridgehead atoms. The molecular weight excluding hydrogens is 420 g/mol. The minimum atomic E-state index is -3.54. The molecule has 2 aliphatic carbocycles. The number of allylic oxidation sites excluding steroid dienone is 2. The van der Waals surface area contributed by atoms with E-state index in [-0.39, 0.29) is 12.4 Å². The van der Waals surface area contributed by atoms with Crippen LogP contribution in [0.2, 0.25) is 0 Å². The topological polar surface area (TPSA) is 18.5 Å². The third-order valence-corrected chi connectivity index (χ3v) is 7.09. The number of halogens is 4. The fraction of sp³-hybridized carbons (Fsp3) is 0.692. The number of benzene rings is 1. The molecule has 0 N–H and O–H groups in total. The van der Waals surface area contributed by atoms with Crippen molar-refractivity contribution in [2.75, 3.05) is 6.61 Å². The Labute approximate surface area is 189 Å². The lowest BCUT2D eigenvalue weighted by Crippen LogP contribution is -2.37. The van der Waals surface area contributed by atoms with E-state index < -0.39 is 29.4 Å². The lowest BCUT2D eigenvalue weighted by Gasteiger charge is -2.33. The summed E-state index contributed by atoms with van der Waals surface area (Å²) in [6, 6.07) is 2.12. The molecule has 0 amide bonds. The molecule has 1 aromatic rings. The average molecular weight is 457 g/mol. The highest BCUT2D eigenvalue weighted by molar-refractivity contribution is 5.35. The molecule has 2 fully saturated rings. The third-order valence-electron chi connectivity index (χ3n) is 7.09. The zero-order valence-electron chi connectivity index (χ0n) is 19.2. The summed E-state index contributed by atoms with van der Waals surface area (Å²) in [5, 5.41) is 0. The van der Waals surface area contributed by atoms with E-state index in [2.05, 4.69) is 23.8 Å². The van der Waals surface area contributed by atoms with Crippen molar-refractivity contribution in [3.63, 3.8) is 0 Å². The first-order chi connectivity index (χ1) is 15.3. The van der Waals surface area contributed by atoms with Crippen molar-refractivity contribution in [2.24, 2.45) is 23.7 Å². The second-order valence-electron chi connectivity index (χ2n) is 9.53. The van der Waals surface area contributed by atoms with Crippen LogP contribution in [0.3, 0.4) is 0 Å². The summed E-state index contributed by atoms with van der Waals surface area (Å²) in [6.45, 7) is 4.09. The Hall–Kier alpha value is -1.72. The van der Waals surface area contributed by atoms with E-state index in [9.17, 15) is 17.6 Å². The Balaban J connectivity index is 1.44. The number of rotatable bonds is 9. The molecule has 3 rings (SSSR count). The summed E-state index contributed by atoms with van der Waals surface area (Å²) in [7, 11) is 0. The summed E-state index contributed by atoms with van der Waals surface area (Å²) in [6.07, 6.45) is 10.3. The van der Waals surface area contributed by atoms with Gasteiger partial charge in [-0.05, 0) is 88.2 Å². The number of alkyl halides is 2. The Morgan fingerprint density at radius 2 is 1.56 bits per heavy atom. The van der Waals surface area contributed by atoms with Gasteiger partial charge in [0.05, 0.1) is 12.5 Å². The van der Waals surface area contributed by atoms with Crippen molar-refractivity contribution in [1.29, 1.82) is 0 Å². The van der Waals surface area contributed by atoms with Crippen LogP contribution < -0.4 is 9.47 Å². The monoisotopic (exact) mass is 456 g/mol. The van der Waals surface area contributed by atoms with E-state index in [1.807, 2.05) is 0 Å². The van der Waals surface area contributed by atoms with Crippen LogP contribution in [0.5, 0.6) is 11.5 Å². The summed E-state index contributed by atoms with van der Waals surface area (Å²) in [4.78, 5) is 0. The molecule has 0 saturated heterocycles. The summed E-state index contributed by atoms with van der Waals surface area (Å²) in [5.74, 6) is -2.85. The van der Waals surface area contributed by atoms with Gasteiger partial charge in [-0.15, -0.1) is 0 Å². The highest BCUT2D eigenvalue weighted by atomic mass is 19.3. The van der Waals surface area contributed by atoms with Crippen molar-refractivity contribution in [2.45, 2.75) is 84.2 Å². The van der Waals surface area contributed by atoms with Crippen LogP contribution in [0, 0.1) is 35.3 Å². The van der Waals surface area contributed by atoms with Crippen LogP contribution >= 0.6 is 0 Å². The van der Waals surface area contributed by atoms with Crippen LogP contribution in [0.4, 0.5) is 17.6 Å². The first-order valence-corrected chi connectivity index (χ1v) is 12.1. The largest absolute Gasteiger partial charge is 0.491 e. The maximum Gasteiger partial charge on any atom is 0.400 e. The normalized spacial score (nSPS) is 26.9. The van der Waals surface area contributed by atoms with Crippen LogP contribution in [-0.4, -0.2) is 12.7 Å². The molecule has 0 aromatic heterocycles. The predicted octanol–water partition coefficient (Wildman–Crippen LogP) is 8.30. The molecule has 0 radical (unpaired) electrons. The molecule has 0 heterocycles. The van der Waals surface area contributed by atoms with E-state index in [0.29, 0.717) is 37.5 Å². The molecule has 0 spiro atoms. The number of hydrogen-bond donors (Lipinski definition) is 0. The standard InChI is InChI=1S/C26H36F4O2/c1-3-31-22-16-17-23(25(28)24(22)27)32-26(29,30)21-14-12-20(13-15-21)7-5-4-6-19-10-8-18(2)9-11-19/h4,6,16-21H,3,5,7-15H2,1-2H3/b6-4+. The SMILES string of the molecule is CCOc1ccc(OC(F)(F)C2CCC(CC/C=C/C3CCC(C)CC3)CC2)c(F)c1F. The van der Waals surface area contributed by atoms with Gasteiger partial charge in [0.25, 0.3) is 0 Å². The third kappa shape index (κ3) is 6.64. The highest BCUT2D eigenvalue weighted by Crippen LogP contribution is 2.42. The average Bonchev–Trinajstić information content (AvgIpc) is 2.78. The van der Waals surface area contributed by atoms with Crippen LogP contribution in [0.1, 0.15) is 78.1 Å². The van der Waals surface area contributed by atoms with Gasteiger partial charge in [0, 0.05) is 0 Å². The van der Waals surface area contributed by atoms with E-state index in [1.165, 1.54) is 25.7 Å². The van der Waals surface area contributed by atoms with E-state index >= 15 is 0 Å². The van der Waals surface area contributed by atoms with Gasteiger partial charge < -0.3 is 9.47 Å². The summed E-state index contributed by atoms with van der Waals surface area (Å²) in [5.41, 5.74) is 0. The zero-order chi connectivity index (χ0) is 23.1. The van der Waals surface area contributed by atoms with Gasteiger partial charge in [-0.25, -0.2) is 0 Å². The smallest absolute Gasteiger partial charge is 0.400 e. The van der Waals surface area contributed by atoms with Crippen molar-refractivity contribution >= 4 is 0 Å². The molecule has 2 saturated carbocycles. The highest BCUT2D eigenvalue weighted by Gasteiger charge is 2.44. The molecule has 2 aliphatic rings. The van der Waals surface area contributed by atoms with E-state index in [0.717, 1.165) is 30.9 Å². The van der Waals surface area contributed by atoms with Gasteiger partial charge in [0.15, 0.2) is 11.5 Å². The molecule has 1 aromatic carbocycles. The van der Waals surface area contributed by atoms with Crippen molar-refractivity contribution in [3.8, 4) is 11.5 Å². The van der Waals surface area contributed by atoms with Crippen LogP contribution in [-0.2, 0) is 0 Å². The maximum atomic E-state index is 14.7. The van der Waals surface area contributed by atoms with Gasteiger partial charge in [-0.3, -0.25) is 0 Å². The van der Waals surface area contributed by atoms with Gasteiger partial charge in [-0.1, -0.05) is 31.9 Å². The zero-order valence-corrected chi connectivity index (χ0v) is 19.2. The molecule has 32 heavy (non-hydrogen) atoms. The number of ether oxygens (including phenoxy) is 2. The van der Waals surface area contributed by atoms with Crippen molar-refractivity contribution in [3.05, 3.63) is 35.9 Å². The molecule has 2 nitrogen and oxygen atoms in total. The molecular formula is C26H36F4O2. The molecule has 0 aliphatic heterocycles. The Bertz CT molecular complexity index is 748. The first-order valence-electron chi connectivity index (χ1n) is 12.1. The summed E-state index contributed by atoms with van der Waals surface area (Å²) < 4.78 is 67.1. The second-order valence-corrected chi connectivity index (χ2v) is 9.53. The van der Waals surface area contributed by atoms with Crippen molar-refractivity contribution in [1.82, 2.24) is 0 Å². The minimum absolute atomic E-state index is 0.144. The van der Waals surface area contributed by atoms with Crippen LogP contribution in [0.15, 0.2) is 24.3 Å². The lowest BCUT2D eigenvalue weighted by molar-refractivity contribution is -0.224. The first kappa shape index (κ1) is 24.9. The fourth-order valence-corrected chi connectivity index (χ4v) is 4.98. The Kier molecular flexibility index (Phi) is 8.89. The summed E-state index contributed by atoms with van der Waals surface area (Å²) >= 11 is 0. The van der Waals surface area contributed by atoms with Gasteiger partial charge in [-0.2, -0.15) is 17.6 Å². The quantitative estimate of drug-likeness (QED) is 0.275. The van der Waals surface area contributed by atoms with E-state index in [1.54, 1.807) is 6.92 Å². The number of hydrogen-bond acceptors (Lipinski definition) is 2. The molecule has 0 atom stereocenters.